The molecule has 0 saturated heterocycles. The van der Waals surface area contributed by atoms with Crippen molar-refractivity contribution in [3.8, 4) is 0 Å². The molecule has 1 heterocycles. The van der Waals surface area contributed by atoms with E-state index >= 15 is 0 Å². The standard InChI is InChI=1S/C11H11ClFN3S/c1-6(14-11-16-15-7(2)17-11)10-8(12)4-3-5-9(10)13/h3-6H,1-2H3,(H,14,16). The van der Waals surface area contributed by atoms with Gasteiger partial charge in [-0.05, 0) is 26.0 Å². The van der Waals surface area contributed by atoms with Crippen molar-refractivity contribution < 1.29 is 4.39 Å². The second-order valence-corrected chi connectivity index (χ2v) is 5.22. The molecule has 0 aliphatic rings. The van der Waals surface area contributed by atoms with Crippen LogP contribution in [0, 0.1) is 12.7 Å². The van der Waals surface area contributed by atoms with Gasteiger partial charge in [0.25, 0.3) is 0 Å². The second kappa shape index (κ2) is 4.98. The molecule has 90 valence electrons. The fraction of sp³-hybridized carbons (Fsp3) is 0.273. The van der Waals surface area contributed by atoms with E-state index in [1.54, 1.807) is 12.1 Å². The lowest BCUT2D eigenvalue weighted by atomic mass is 10.1. The van der Waals surface area contributed by atoms with Gasteiger partial charge in [0.15, 0.2) is 0 Å². The summed E-state index contributed by atoms with van der Waals surface area (Å²) in [5.41, 5.74) is 0.446. The number of aryl methyl sites for hydroxylation is 1. The highest BCUT2D eigenvalue weighted by atomic mass is 35.5. The third kappa shape index (κ3) is 2.73. The summed E-state index contributed by atoms with van der Waals surface area (Å²) in [6.07, 6.45) is 0. The van der Waals surface area contributed by atoms with Crippen LogP contribution in [0.15, 0.2) is 18.2 Å². The van der Waals surface area contributed by atoms with Crippen LogP contribution in [0.4, 0.5) is 9.52 Å². The molecule has 0 radical (unpaired) electrons. The molecule has 1 atom stereocenters. The third-order valence-electron chi connectivity index (χ3n) is 2.30. The maximum absolute atomic E-state index is 13.7. The molecule has 1 unspecified atom stereocenters. The van der Waals surface area contributed by atoms with Gasteiger partial charge < -0.3 is 5.32 Å². The van der Waals surface area contributed by atoms with E-state index in [1.807, 2.05) is 13.8 Å². The number of hydrogen-bond donors (Lipinski definition) is 1. The van der Waals surface area contributed by atoms with Gasteiger partial charge in [-0.3, -0.25) is 0 Å². The highest BCUT2D eigenvalue weighted by Crippen LogP contribution is 2.29. The number of nitrogens with zero attached hydrogens (tertiary/aromatic N) is 2. The number of rotatable bonds is 3. The van der Waals surface area contributed by atoms with Gasteiger partial charge in [-0.2, -0.15) is 0 Å². The Labute approximate surface area is 108 Å². The summed E-state index contributed by atoms with van der Waals surface area (Å²) in [5.74, 6) is -0.321. The van der Waals surface area contributed by atoms with Gasteiger partial charge in [0.05, 0.1) is 6.04 Å². The van der Waals surface area contributed by atoms with E-state index in [2.05, 4.69) is 15.5 Å². The first-order chi connectivity index (χ1) is 8.08. The van der Waals surface area contributed by atoms with Crippen LogP contribution < -0.4 is 5.32 Å². The Balaban J connectivity index is 2.22. The molecule has 0 saturated carbocycles. The van der Waals surface area contributed by atoms with Crippen molar-refractivity contribution in [1.82, 2.24) is 10.2 Å². The van der Waals surface area contributed by atoms with Gasteiger partial charge in [0, 0.05) is 10.6 Å². The molecule has 17 heavy (non-hydrogen) atoms. The first-order valence-electron chi connectivity index (χ1n) is 5.08. The molecule has 0 aliphatic heterocycles. The Morgan fingerprint density at radius 3 is 2.76 bits per heavy atom. The average Bonchev–Trinajstić information content (AvgIpc) is 2.63. The van der Waals surface area contributed by atoms with E-state index < -0.39 is 0 Å². The van der Waals surface area contributed by atoms with E-state index in [4.69, 9.17) is 11.6 Å². The van der Waals surface area contributed by atoms with Gasteiger partial charge in [-0.15, -0.1) is 10.2 Å². The van der Waals surface area contributed by atoms with Gasteiger partial charge in [0.1, 0.15) is 10.8 Å². The molecule has 1 aromatic heterocycles. The fourth-order valence-corrected chi connectivity index (χ4v) is 2.54. The number of halogens is 2. The van der Waals surface area contributed by atoms with Crippen molar-refractivity contribution in [3.05, 3.63) is 39.6 Å². The van der Waals surface area contributed by atoms with E-state index in [1.165, 1.54) is 17.4 Å². The Bertz CT molecular complexity index is 509. The molecular formula is C11H11ClFN3S. The average molecular weight is 272 g/mol. The molecule has 1 N–H and O–H groups in total. The maximum atomic E-state index is 13.7. The smallest absolute Gasteiger partial charge is 0.206 e. The topological polar surface area (TPSA) is 37.8 Å². The molecule has 6 heteroatoms. The molecule has 2 aromatic rings. The highest BCUT2D eigenvalue weighted by Gasteiger charge is 2.15. The number of hydrogen-bond acceptors (Lipinski definition) is 4. The van der Waals surface area contributed by atoms with Crippen LogP contribution in [0.5, 0.6) is 0 Å². The SMILES string of the molecule is Cc1nnc(NC(C)c2c(F)cccc2Cl)s1. The van der Waals surface area contributed by atoms with Crippen LogP contribution in [0.1, 0.15) is 23.5 Å². The largest absolute Gasteiger partial charge is 0.353 e. The summed E-state index contributed by atoms with van der Waals surface area (Å²) in [5, 5.41) is 12.8. The van der Waals surface area contributed by atoms with Crippen molar-refractivity contribution >= 4 is 28.1 Å². The van der Waals surface area contributed by atoms with E-state index in [0.29, 0.717) is 15.7 Å². The van der Waals surface area contributed by atoms with Gasteiger partial charge in [0.2, 0.25) is 5.13 Å². The minimum absolute atomic E-state index is 0.254. The Morgan fingerprint density at radius 1 is 1.41 bits per heavy atom. The summed E-state index contributed by atoms with van der Waals surface area (Å²) < 4.78 is 13.7. The molecule has 0 fully saturated rings. The lowest BCUT2D eigenvalue weighted by Gasteiger charge is -2.15. The zero-order valence-corrected chi connectivity index (χ0v) is 10.9. The van der Waals surface area contributed by atoms with Crippen LogP contribution in [0.25, 0.3) is 0 Å². The van der Waals surface area contributed by atoms with Gasteiger partial charge in [-0.1, -0.05) is 29.0 Å². The number of benzene rings is 1. The van der Waals surface area contributed by atoms with Crippen molar-refractivity contribution in [1.29, 1.82) is 0 Å². The summed E-state index contributed by atoms with van der Waals surface area (Å²) >= 11 is 7.41. The minimum Gasteiger partial charge on any atom is -0.353 e. The van der Waals surface area contributed by atoms with Crippen molar-refractivity contribution in [2.24, 2.45) is 0 Å². The Hall–Kier alpha value is -1.20. The molecular weight excluding hydrogens is 261 g/mol. The summed E-state index contributed by atoms with van der Waals surface area (Å²) in [7, 11) is 0. The Morgan fingerprint density at radius 2 is 2.18 bits per heavy atom. The molecule has 0 spiro atoms. The van der Waals surface area contributed by atoms with E-state index in [-0.39, 0.29) is 11.9 Å². The van der Waals surface area contributed by atoms with E-state index in [9.17, 15) is 4.39 Å². The predicted octanol–water partition coefficient (Wildman–Crippen LogP) is 3.81. The van der Waals surface area contributed by atoms with Crippen LogP contribution in [0.3, 0.4) is 0 Å². The van der Waals surface area contributed by atoms with Crippen molar-refractivity contribution in [2.75, 3.05) is 5.32 Å². The fourth-order valence-electron chi connectivity index (χ4n) is 1.54. The lowest BCUT2D eigenvalue weighted by molar-refractivity contribution is 0.600. The van der Waals surface area contributed by atoms with Crippen LogP contribution >= 0.6 is 22.9 Å². The number of nitrogens with one attached hydrogen (secondary N) is 1. The van der Waals surface area contributed by atoms with Crippen molar-refractivity contribution in [3.63, 3.8) is 0 Å². The Kier molecular flexibility index (Phi) is 3.59. The maximum Gasteiger partial charge on any atom is 0.206 e. The van der Waals surface area contributed by atoms with E-state index in [0.717, 1.165) is 5.01 Å². The normalized spacial score (nSPS) is 12.5. The third-order valence-corrected chi connectivity index (χ3v) is 3.40. The van der Waals surface area contributed by atoms with Crippen LogP contribution in [0.2, 0.25) is 5.02 Å². The summed E-state index contributed by atoms with van der Waals surface area (Å²) in [4.78, 5) is 0. The number of aromatic nitrogens is 2. The highest BCUT2D eigenvalue weighted by molar-refractivity contribution is 7.15. The zero-order chi connectivity index (χ0) is 12.4. The minimum atomic E-state index is -0.321. The van der Waals surface area contributed by atoms with Crippen LogP contribution in [-0.4, -0.2) is 10.2 Å². The molecule has 3 nitrogen and oxygen atoms in total. The van der Waals surface area contributed by atoms with Gasteiger partial charge >= 0.3 is 0 Å². The molecule has 0 aliphatic carbocycles. The second-order valence-electron chi connectivity index (χ2n) is 3.63. The summed E-state index contributed by atoms with van der Waals surface area (Å²) in [6.45, 7) is 3.70. The zero-order valence-electron chi connectivity index (χ0n) is 9.37. The molecule has 0 bridgehead atoms. The first-order valence-corrected chi connectivity index (χ1v) is 6.28. The molecule has 0 amide bonds. The lowest BCUT2D eigenvalue weighted by Crippen LogP contribution is -2.09. The molecule has 1 aromatic carbocycles. The first kappa shape index (κ1) is 12.3. The summed E-state index contributed by atoms with van der Waals surface area (Å²) in [6, 6.07) is 4.40. The predicted molar refractivity (Wildman–Crippen MR) is 68.1 cm³/mol. The quantitative estimate of drug-likeness (QED) is 0.922. The van der Waals surface area contributed by atoms with Crippen molar-refractivity contribution in [2.45, 2.75) is 19.9 Å². The number of anilines is 1. The molecule has 2 rings (SSSR count). The monoisotopic (exact) mass is 271 g/mol. The van der Waals surface area contributed by atoms with Gasteiger partial charge in [-0.25, -0.2) is 4.39 Å². The van der Waals surface area contributed by atoms with Crippen LogP contribution in [-0.2, 0) is 0 Å².